The maximum Gasteiger partial charge on any atom is 0.326 e. The predicted octanol–water partition coefficient (Wildman–Crippen LogP) is -3.36. The van der Waals surface area contributed by atoms with Crippen LogP contribution < -0.4 is 44.6 Å². The van der Waals surface area contributed by atoms with Crippen LogP contribution in [0.1, 0.15) is 46.0 Å². The SMILES string of the molecule is CCC(C)C(NC(=O)C(CCCN=C(N)N)NC(=O)C(CCCN=C(N)N)NC(=O)CN)C(=O)O. The van der Waals surface area contributed by atoms with E-state index in [2.05, 4.69) is 25.9 Å². The van der Waals surface area contributed by atoms with Crippen molar-refractivity contribution >= 4 is 35.6 Å². The highest BCUT2D eigenvalue weighted by Gasteiger charge is 2.31. The van der Waals surface area contributed by atoms with Gasteiger partial charge in [-0.05, 0) is 31.6 Å². The molecule has 0 aromatic rings. The number of hydrogen-bond acceptors (Lipinski definition) is 7. The van der Waals surface area contributed by atoms with Crippen molar-refractivity contribution in [1.29, 1.82) is 0 Å². The Morgan fingerprint density at radius 1 is 0.829 bits per heavy atom. The topological polar surface area (TPSA) is 279 Å². The van der Waals surface area contributed by atoms with Gasteiger partial charge in [-0.3, -0.25) is 24.4 Å². The van der Waals surface area contributed by atoms with Gasteiger partial charge < -0.3 is 49.7 Å². The molecule has 35 heavy (non-hydrogen) atoms. The number of guanidine groups is 2. The van der Waals surface area contributed by atoms with E-state index >= 15 is 0 Å². The molecule has 0 aromatic heterocycles. The van der Waals surface area contributed by atoms with Crippen molar-refractivity contribution in [2.75, 3.05) is 19.6 Å². The normalized spacial score (nSPS) is 13.9. The van der Waals surface area contributed by atoms with Crippen molar-refractivity contribution in [1.82, 2.24) is 16.0 Å². The van der Waals surface area contributed by atoms with Crippen molar-refractivity contribution in [3.05, 3.63) is 0 Å². The molecule has 4 unspecified atom stereocenters. The number of carbonyl (C=O) groups is 4. The summed E-state index contributed by atoms with van der Waals surface area (Å²) in [6, 6.07) is -3.26. The van der Waals surface area contributed by atoms with Gasteiger partial charge in [-0.2, -0.15) is 0 Å². The number of nitrogens with zero attached hydrogens (tertiary/aromatic N) is 2. The zero-order chi connectivity index (χ0) is 27.0. The van der Waals surface area contributed by atoms with Gasteiger partial charge in [0.05, 0.1) is 6.54 Å². The summed E-state index contributed by atoms with van der Waals surface area (Å²) in [6.45, 7) is 3.58. The van der Waals surface area contributed by atoms with E-state index < -0.39 is 41.8 Å². The fraction of sp³-hybridized carbons (Fsp3) is 0.700. The Labute approximate surface area is 204 Å². The van der Waals surface area contributed by atoms with Crippen molar-refractivity contribution in [2.24, 2.45) is 44.6 Å². The van der Waals surface area contributed by atoms with Crippen LogP contribution >= 0.6 is 0 Å². The lowest BCUT2D eigenvalue weighted by Gasteiger charge is -2.26. The maximum absolute atomic E-state index is 13.0. The molecule has 0 aromatic carbocycles. The van der Waals surface area contributed by atoms with Crippen LogP contribution in [0.4, 0.5) is 0 Å². The minimum Gasteiger partial charge on any atom is -0.480 e. The lowest BCUT2D eigenvalue weighted by molar-refractivity contribution is -0.143. The number of carboxylic acids is 1. The summed E-state index contributed by atoms with van der Waals surface area (Å²) in [4.78, 5) is 57.1. The minimum absolute atomic E-state index is 0.108. The lowest BCUT2D eigenvalue weighted by atomic mass is 9.98. The highest BCUT2D eigenvalue weighted by molar-refractivity contribution is 5.93. The molecule has 14 N–H and O–H groups in total. The van der Waals surface area contributed by atoms with E-state index in [0.29, 0.717) is 19.3 Å². The van der Waals surface area contributed by atoms with Crippen LogP contribution in [0.2, 0.25) is 0 Å². The summed E-state index contributed by atoms with van der Waals surface area (Å²) in [5.74, 6) is -3.66. The Morgan fingerprint density at radius 3 is 1.69 bits per heavy atom. The van der Waals surface area contributed by atoms with Crippen molar-refractivity contribution < 1.29 is 24.3 Å². The molecular formula is C20H40N10O5. The Hall–Kier alpha value is -3.62. The number of hydrogen-bond donors (Lipinski definition) is 9. The molecule has 0 aliphatic heterocycles. The van der Waals surface area contributed by atoms with Crippen LogP contribution in [0.3, 0.4) is 0 Å². The van der Waals surface area contributed by atoms with Crippen LogP contribution in [0.25, 0.3) is 0 Å². The number of aliphatic imine (C=N–C) groups is 2. The van der Waals surface area contributed by atoms with Gasteiger partial charge in [-0.15, -0.1) is 0 Å². The molecule has 4 atom stereocenters. The molecule has 3 amide bonds. The molecule has 0 rings (SSSR count). The molecule has 0 aliphatic rings. The van der Waals surface area contributed by atoms with Crippen LogP contribution in [-0.4, -0.2) is 78.5 Å². The highest BCUT2D eigenvalue weighted by atomic mass is 16.4. The summed E-state index contributed by atoms with van der Waals surface area (Å²) < 4.78 is 0. The fourth-order valence-corrected chi connectivity index (χ4v) is 3.01. The van der Waals surface area contributed by atoms with E-state index in [4.69, 9.17) is 28.7 Å². The van der Waals surface area contributed by atoms with Gasteiger partial charge in [-0.1, -0.05) is 20.3 Å². The van der Waals surface area contributed by atoms with E-state index in [1.165, 1.54) is 0 Å². The van der Waals surface area contributed by atoms with Gasteiger partial charge in [-0.25, -0.2) is 4.79 Å². The molecule has 0 radical (unpaired) electrons. The smallest absolute Gasteiger partial charge is 0.326 e. The first kappa shape index (κ1) is 31.4. The third-order valence-corrected chi connectivity index (χ3v) is 5.14. The van der Waals surface area contributed by atoms with Crippen molar-refractivity contribution in [2.45, 2.75) is 64.1 Å². The zero-order valence-electron chi connectivity index (χ0n) is 20.3. The maximum atomic E-state index is 13.0. The molecule has 15 nitrogen and oxygen atoms in total. The third-order valence-electron chi connectivity index (χ3n) is 5.14. The van der Waals surface area contributed by atoms with Gasteiger partial charge in [0.25, 0.3) is 0 Å². The molecule has 0 spiro atoms. The Kier molecular flexibility index (Phi) is 15.2. The van der Waals surface area contributed by atoms with Crippen LogP contribution in [0.5, 0.6) is 0 Å². The Bertz CT molecular complexity index is 765. The molecule has 0 bridgehead atoms. The van der Waals surface area contributed by atoms with Gasteiger partial charge >= 0.3 is 5.97 Å². The molecule has 0 heterocycles. The second-order valence-electron chi connectivity index (χ2n) is 7.99. The molecule has 15 heteroatoms. The first-order valence-electron chi connectivity index (χ1n) is 11.4. The molecular weight excluding hydrogens is 460 g/mol. The summed E-state index contributed by atoms with van der Waals surface area (Å²) in [6.07, 6.45) is 1.48. The Balaban J connectivity index is 5.57. The number of amides is 3. The number of carboxylic acid groups (broad SMARTS) is 1. The van der Waals surface area contributed by atoms with Crippen LogP contribution in [0.15, 0.2) is 9.98 Å². The number of aliphatic carboxylic acids is 1. The minimum atomic E-state index is -1.19. The third kappa shape index (κ3) is 13.6. The number of nitrogens with one attached hydrogen (secondary N) is 3. The quantitative estimate of drug-likeness (QED) is 0.0543. The van der Waals surface area contributed by atoms with Crippen molar-refractivity contribution in [3.63, 3.8) is 0 Å². The monoisotopic (exact) mass is 500 g/mol. The standard InChI is InChI=1S/C20H40N10O5/c1-3-11(2)15(18(34)35)30-17(33)13(7-5-9-27-20(24)25)29-16(32)12(28-14(31)10-21)6-4-8-26-19(22)23/h11-13,15H,3-10,21H2,1-2H3,(H,28,31)(H,29,32)(H,30,33)(H,34,35)(H4,22,23,26)(H4,24,25,27). The average Bonchev–Trinajstić information content (AvgIpc) is 2.79. The molecule has 0 fully saturated rings. The van der Waals surface area contributed by atoms with E-state index in [0.717, 1.165) is 0 Å². The van der Waals surface area contributed by atoms with Crippen molar-refractivity contribution in [3.8, 4) is 0 Å². The zero-order valence-corrected chi connectivity index (χ0v) is 20.3. The fourth-order valence-electron chi connectivity index (χ4n) is 3.01. The summed E-state index contributed by atoms with van der Waals surface area (Å²) in [7, 11) is 0. The predicted molar refractivity (Wildman–Crippen MR) is 132 cm³/mol. The molecule has 0 saturated carbocycles. The molecule has 0 saturated heterocycles. The van der Waals surface area contributed by atoms with Gasteiger partial charge in [0, 0.05) is 13.1 Å². The Morgan fingerprint density at radius 2 is 1.29 bits per heavy atom. The highest BCUT2D eigenvalue weighted by Crippen LogP contribution is 2.10. The summed E-state index contributed by atoms with van der Waals surface area (Å²) in [5.41, 5.74) is 26.5. The van der Waals surface area contributed by atoms with Crippen LogP contribution in [0, 0.1) is 5.92 Å². The number of rotatable bonds is 17. The molecule has 0 aliphatic carbocycles. The summed E-state index contributed by atoms with van der Waals surface area (Å²) >= 11 is 0. The van der Waals surface area contributed by atoms with E-state index in [1.54, 1.807) is 13.8 Å². The van der Waals surface area contributed by atoms with Crippen LogP contribution in [-0.2, 0) is 19.2 Å². The average molecular weight is 501 g/mol. The summed E-state index contributed by atoms with van der Waals surface area (Å²) in [5, 5.41) is 17.1. The first-order chi connectivity index (χ1) is 16.4. The van der Waals surface area contributed by atoms with Gasteiger partial charge in [0.2, 0.25) is 17.7 Å². The van der Waals surface area contributed by atoms with Gasteiger partial charge in [0.15, 0.2) is 11.9 Å². The number of nitrogens with two attached hydrogens (primary N) is 5. The first-order valence-corrected chi connectivity index (χ1v) is 11.4. The second-order valence-corrected chi connectivity index (χ2v) is 7.99. The van der Waals surface area contributed by atoms with E-state index in [1.807, 2.05) is 0 Å². The van der Waals surface area contributed by atoms with E-state index in [-0.39, 0.29) is 50.3 Å². The number of carbonyl (C=O) groups excluding carboxylic acids is 3. The lowest BCUT2D eigenvalue weighted by Crippen LogP contribution is -2.57. The molecule has 200 valence electrons. The van der Waals surface area contributed by atoms with E-state index in [9.17, 15) is 24.3 Å². The largest absolute Gasteiger partial charge is 0.480 e. The van der Waals surface area contributed by atoms with Gasteiger partial charge in [0.1, 0.15) is 18.1 Å². The second kappa shape index (κ2) is 16.9.